The Morgan fingerprint density at radius 1 is 1.06 bits per heavy atom. The van der Waals surface area contributed by atoms with E-state index >= 15 is 0 Å². The summed E-state index contributed by atoms with van der Waals surface area (Å²) in [5.41, 5.74) is 4.22. The van der Waals surface area contributed by atoms with Crippen LogP contribution in [-0.4, -0.2) is 0 Å². The first-order valence-corrected chi connectivity index (χ1v) is 7.20. The standard InChI is InChI=1S/C16H24.C2H6/c1-12(2)10-14(4)11-15(5)16-8-6-13(3)7-9-16;1-2/h6-10,14-15H,11H2,1-5H3;1-2H3/t14-,15-;/m0./s1. The molecule has 1 aromatic rings. The summed E-state index contributed by atoms with van der Waals surface area (Å²) in [4.78, 5) is 0. The van der Waals surface area contributed by atoms with E-state index in [0.29, 0.717) is 11.8 Å². The Morgan fingerprint density at radius 3 is 2.00 bits per heavy atom. The Kier molecular flexibility index (Phi) is 8.45. The molecule has 0 nitrogen and oxygen atoms in total. The van der Waals surface area contributed by atoms with Gasteiger partial charge in [-0.25, -0.2) is 0 Å². The fourth-order valence-corrected chi connectivity index (χ4v) is 2.23. The maximum Gasteiger partial charge on any atom is -0.0185 e. The van der Waals surface area contributed by atoms with Gasteiger partial charge in [0.2, 0.25) is 0 Å². The predicted molar refractivity (Wildman–Crippen MR) is 84.2 cm³/mol. The van der Waals surface area contributed by atoms with Gasteiger partial charge in [-0.2, -0.15) is 0 Å². The number of aryl methyl sites for hydroxylation is 1. The predicted octanol–water partition coefficient (Wildman–Crippen LogP) is 6.12. The van der Waals surface area contributed by atoms with E-state index < -0.39 is 0 Å². The second-order valence-electron chi connectivity index (χ2n) is 5.27. The minimum atomic E-state index is 0.645. The Bertz CT molecular complexity index is 339. The molecular weight excluding hydrogens is 216 g/mol. The van der Waals surface area contributed by atoms with Gasteiger partial charge in [0.05, 0.1) is 0 Å². The van der Waals surface area contributed by atoms with Crippen LogP contribution in [0, 0.1) is 12.8 Å². The first-order valence-electron chi connectivity index (χ1n) is 7.20. The van der Waals surface area contributed by atoms with Crippen molar-refractivity contribution in [3.63, 3.8) is 0 Å². The van der Waals surface area contributed by atoms with Gasteiger partial charge in [0.1, 0.15) is 0 Å². The molecular formula is C18H30. The lowest BCUT2D eigenvalue weighted by Crippen LogP contribution is -2.00. The van der Waals surface area contributed by atoms with E-state index in [9.17, 15) is 0 Å². The average molecular weight is 246 g/mol. The van der Waals surface area contributed by atoms with Crippen molar-refractivity contribution in [2.45, 2.75) is 60.8 Å². The quantitative estimate of drug-likeness (QED) is 0.562. The molecule has 0 aliphatic carbocycles. The Balaban J connectivity index is 0.00000137. The average Bonchev–Trinajstić information content (AvgIpc) is 2.31. The van der Waals surface area contributed by atoms with E-state index in [1.54, 1.807) is 0 Å². The van der Waals surface area contributed by atoms with Crippen molar-refractivity contribution in [1.82, 2.24) is 0 Å². The van der Waals surface area contributed by atoms with E-state index in [1.165, 1.54) is 23.1 Å². The summed E-state index contributed by atoms with van der Waals surface area (Å²) < 4.78 is 0. The molecule has 0 saturated carbocycles. The molecule has 0 fully saturated rings. The fourth-order valence-electron chi connectivity index (χ4n) is 2.23. The molecule has 0 amide bonds. The van der Waals surface area contributed by atoms with E-state index in [4.69, 9.17) is 0 Å². The Morgan fingerprint density at radius 2 is 1.56 bits per heavy atom. The Labute approximate surface area is 114 Å². The van der Waals surface area contributed by atoms with E-state index in [-0.39, 0.29) is 0 Å². The highest BCUT2D eigenvalue weighted by molar-refractivity contribution is 5.24. The summed E-state index contributed by atoms with van der Waals surface area (Å²) in [6.07, 6.45) is 3.60. The molecule has 2 atom stereocenters. The molecule has 102 valence electrons. The third-order valence-electron chi connectivity index (χ3n) is 2.99. The summed E-state index contributed by atoms with van der Waals surface area (Å²) in [6.45, 7) is 15.1. The van der Waals surface area contributed by atoms with E-state index in [0.717, 1.165) is 0 Å². The zero-order valence-electron chi connectivity index (χ0n) is 13.2. The highest BCUT2D eigenvalue weighted by Crippen LogP contribution is 2.24. The molecule has 0 bridgehead atoms. The summed E-state index contributed by atoms with van der Waals surface area (Å²) in [5, 5.41) is 0. The lowest BCUT2D eigenvalue weighted by molar-refractivity contribution is 0.565. The molecule has 0 aromatic heterocycles. The van der Waals surface area contributed by atoms with Gasteiger partial charge < -0.3 is 0 Å². The van der Waals surface area contributed by atoms with Crippen LogP contribution < -0.4 is 0 Å². The number of hydrogen-bond donors (Lipinski definition) is 0. The third kappa shape index (κ3) is 6.64. The topological polar surface area (TPSA) is 0 Å². The van der Waals surface area contributed by atoms with Crippen molar-refractivity contribution in [2.75, 3.05) is 0 Å². The van der Waals surface area contributed by atoms with Crippen LogP contribution in [0.5, 0.6) is 0 Å². The van der Waals surface area contributed by atoms with Crippen LogP contribution in [0.2, 0.25) is 0 Å². The molecule has 0 heterocycles. The van der Waals surface area contributed by atoms with Crippen LogP contribution in [0.25, 0.3) is 0 Å². The van der Waals surface area contributed by atoms with E-state index in [1.807, 2.05) is 13.8 Å². The largest absolute Gasteiger partial charge is 0.0830 e. The molecule has 1 aromatic carbocycles. The summed E-state index contributed by atoms with van der Waals surface area (Å²) in [5.74, 6) is 1.31. The first-order chi connectivity index (χ1) is 8.49. The molecule has 0 aliphatic rings. The van der Waals surface area contributed by atoms with Crippen molar-refractivity contribution >= 4 is 0 Å². The molecule has 0 unspecified atom stereocenters. The maximum absolute atomic E-state index is 2.37. The molecule has 0 heteroatoms. The van der Waals surface area contributed by atoms with Crippen LogP contribution in [0.1, 0.15) is 65.0 Å². The zero-order chi connectivity index (χ0) is 14.1. The molecule has 0 spiro atoms. The van der Waals surface area contributed by atoms with Crippen LogP contribution in [0.4, 0.5) is 0 Å². The lowest BCUT2D eigenvalue weighted by Gasteiger charge is -2.15. The van der Waals surface area contributed by atoms with Gasteiger partial charge >= 0.3 is 0 Å². The summed E-state index contributed by atoms with van der Waals surface area (Å²) in [6, 6.07) is 8.93. The smallest absolute Gasteiger partial charge is 0.0185 e. The zero-order valence-corrected chi connectivity index (χ0v) is 13.2. The van der Waals surface area contributed by atoms with Crippen molar-refractivity contribution < 1.29 is 0 Å². The van der Waals surface area contributed by atoms with Crippen molar-refractivity contribution in [2.24, 2.45) is 5.92 Å². The highest BCUT2D eigenvalue weighted by atomic mass is 14.1. The van der Waals surface area contributed by atoms with Crippen molar-refractivity contribution in [1.29, 1.82) is 0 Å². The number of hydrogen-bond acceptors (Lipinski definition) is 0. The van der Waals surface area contributed by atoms with E-state index in [2.05, 4.69) is 65.0 Å². The minimum absolute atomic E-state index is 0.645. The van der Waals surface area contributed by atoms with Crippen LogP contribution in [0.3, 0.4) is 0 Å². The molecule has 0 saturated heterocycles. The SMILES string of the molecule is CC.CC(C)=C[C@H](C)C[C@H](C)c1ccc(C)cc1. The minimum Gasteiger partial charge on any atom is -0.0830 e. The number of allylic oxidation sites excluding steroid dienone is 2. The number of benzene rings is 1. The third-order valence-corrected chi connectivity index (χ3v) is 2.99. The van der Waals surface area contributed by atoms with Crippen LogP contribution in [0.15, 0.2) is 35.9 Å². The second kappa shape index (κ2) is 8.97. The Hall–Kier alpha value is -1.04. The van der Waals surface area contributed by atoms with Crippen molar-refractivity contribution in [3.05, 3.63) is 47.0 Å². The second-order valence-corrected chi connectivity index (χ2v) is 5.27. The monoisotopic (exact) mass is 246 g/mol. The van der Waals surface area contributed by atoms with Gasteiger partial charge in [0.15, 0.2) is 0 Å². The van der Waals surface area contributed by atoms with Gasteiger partial charge in [-0.1, -0.05) is 69.2 Å². The molecule has 0 aliphatic heterocycles. The van der Waals surface area contributed by atoms with Crippen molar-refractivity contribution in [3.8, 4) is 0 Å². The van der Waals surface area contributed by atoms with Gasteiger partial charge in [-0.05, 0) is 44.6 Å². The highest BCUT2D eigenvalue weighted by Gasteiger charge is 2.08. The van der Waals surface area contributed by atoms with Crippen LogP contribution >= 0.6 is 0 Å². The lowest BCUT2D eigenvalue weighted by atomic mass is 9.90. The normalized spacial score (nSPS) is 13.1. The molecule has 0 radical (unpaired) electrons. The van der Waals surface area contributed by atoms with Gasteiger partial charge in [-0.15, -0.1) is 0 Å². The molecule has 1 rings (SSSR count). The summed E-state index contributed by atoms with van der Waals surface area (Å²) >= 11 is 0. The molecule has 18 heavy (non-hydrogen) atoms. The van der Waals surface area contributed by atoms with Gasteiger partial charge in [0.25, 0.3) is 0 Å². The molecule has 0 N–H and O–H groups in total. The van der Waals surface area contributed by atoms with Crippen LogP contribution in [-0.2, 0) is 0 Å². The number of rotatable bonds is 4. The van der Waals surface area contributed by atoms with Gasteiger partial charge in [-0.3, -0.25) is 0 Å². The van der Waals surface area contributed by atoms with Gasteiger partial charge in [0, 0.05) is 0 Å². The first kappa shape index (κ1) is 17.0. The fraction of sp³-hybridized carbons (Fsp3) is 0.556. The summed E-state index contributed by atoms with van der Waals surface area (Å²) in [7, 11) is 0. The maximum atomic E-state index is 2.37.